The Kier molecular flexibility index (Phi) is 16.3. The van der Waals surface area contributed by atoms with Crippen LogP contribution in [0.5, 0.6) is 0 Å². The summed E-state index contributed by atoms with van der Waals surface area (Å²) in [5, 5.41) is 10.7. The number of hydrogen-bond donors (Lipinski definition) is 0. The van der Waals surface area contributed by atoms with Gasteiger partial charge in [0.05, 0.1) is 0 Å². The fraction of sp³-hybridized carbons (Fsp3) is 0.943. The van der Waals surface area contributed by atoms with Crippen LogP contribution in [-0.4, -0.2) is 19.5 Å². The van der Waals surface area contributed by atoms with E-state index < -0.39 is 0 Å². The first-order valence-corrected chi connectivity index (χ1v) is 17.5. The summed E-state index contributed by atoms with van der Waals surface area (Å²) in [5.41, 5.74) is 0.536. The number of rotatable bonds is 21. The molecule has 0 saturated heterocycles. The van der Waals surface area contributed by atoms with Crippen LogP contribution in [0.3, 0.4) is 0 Å². The second-order valence-corrected chi connectivity index (χ2v) is 17.8. The highest BCUT2D eigenvalue weighted by atomic mass is 32.2. The molecular weight excluding hydrogens is 494 g/mol. The molecule has 0 amide bonds. The third-order valence-corrected chi connectivity index (χ3v) is 8.74. The zero-order valence-corrected chi connectivity index (χ0v) is 29.3. The van der Waals surface area contributed by atoms with Gasteiger partial charge < -0.3 is 4.57 Å². The van der Waals surface area contributed by atoms with Crippen molar-refractivity contribution in [1.82, 2.24) is 14.8 Å². The fourth-order valence-electron chi connectivity index (χ4n) is 6.73. The number of aromatic nitrogens is 3. The average Bonchev–Trinajstić information content (AvgIpc) is 3.15. The van der Waals surface area contributed by atoms with Crippen LogP contribution in [0.15, 0.2) is 5.16 Å². The van der Waals surface area contributed by atoms with Gasteiger partial charge in [0.1, 0.15) is 5.82 Å². The van der Waals surface area contributed by atoms with Crippen LogP contribution in [0.1, 0.15) is 191 Å². The van der Waals surface area contributed by atoms with Gasteiger partial charge in [-0.1, -0.05) is 164 Å². The number of hydrogen-bond acceptors (Lipinski definition) is 3. The molecule has 0 aromatic carbocycles. The van der Waals surface area contributed by atoms with E-state index in [0.717, 1.165) is 24.4 Å². The summed E-state index contributed by atoms with van der Waals surface area (Å²) >= 11 is 1.93. The summed E-state index contributed by atoms with van der Waals surface area (Å²) in [6.07, 6.45) is 24.3. The summed E-state index contributed by atoms with van der Waals surface area (Å²) in [6, 6.07) is 0. The SMILES string of the molecule is CCCCCCCCCCCCCCCCCc1nnc(SC(C)(C)CC(C)(C)C)n1C(C)(C)CC(C)(C)C. The van der Waals surface area contributed by atoms with Crippen LogP contribution >= 0.6 is 11.8 Å². The lowest BCUT2D eigenvalue weighted by molar-refractivity contribution is 0.198. The predicted octanol–water partition coefficient (Wildman–Crippen LogP) is 12.2. The Morgan fingerprint density at radius 2 is 0.949 bits per heavy atom. The lowest BCUT2D eigenvalue weighted by Crippen LogP contribution is -2.34. The quantitative estimate of drug-likeness (QED) is 0.110. The highest BCUT2D eigenvalue weighted by Gasteiger charge is 2.35. The van der Waals surface area contributed by atoms with Crippen molar-refractivity contribution in [3.05, 3.63) is 5.82 Å². The van der Waals surface area contributed by atoms with Crippen molar-refractivity contribution < 1.29 is 0 Å². The van der Waals surface area contributed by atoms with E-state index in [-0.39, 0.29) is 15.7 Å². The average molecular weight is 564 g/mol. The van der Waals surface area contributed by atoms with Crippen LogP contribution in [0.2, 0.25) is 0 Å². The molecule has 1 aromatic rings. The molecule has 39 heavy (non-hydrogen) atoms. The van der Waals surface area contributed by atoms with Crippen LogP contribution in [0.4, 0.5) is 0 Å². The molecule has 0 aliphatic rings. The molecule has 0 bridgehead atoms. The third-order valence-electron chi connectivity index (χ3n) is 7.60. The van der Waals surface area contributed by atoms with Crippen molar-refractivity contribution in [3.8, 4) is 0 Å². The van der Waals surface area contributed by atoms with Crippen molar-refractivity contribution in [2.24, 2.45) is 10.8 Å². The van der Waals surface area contributed by atoms with Gasteiger partial charge in [-0.25, -0.2) is 0 Å². The van der Waals surface area contributed by atoms with Crippen molar-refractivity contribution in [1.29, 1.82) is 0 Å². The normalized spacial score (nSPS) is 13.4. The molecule has 0 aliphatic carbocycles. The van der Waals surface area contributed by atoms with Crippen LogP contribution in [0.25, 0.3) is 0 Å². The van der Waals surface area contributed by atoms with Crippen LogP contribution < -0.4 is 0 Å². The number of aryl methyl sites for hydroxylation is 1. The zero-order valence-electron chi connectivity index (χ0n) is 28.5. The Bertz CT molecular complexity index is 764. The summed E-state index contributed by atoms with van der Waals surface area (Å²) in [6.45, 7) is 25.9. The minimum atomic E-state index is -0.00721. The summed E-state index contributed by atoms with van der Waals surface area (Å²) in [5.74, 6) is 1.19. The predicted molar refractivity (Wildman–Crippen MR) is 176 cm³/mol. The minimum absolute atomic E-state index is 0.00721. The molecule has 0 aliphatic heterocycles. The molecule has 0 unspecified atom stereocenters. The summed E-state index contributed by atoms with van der Waals surface area (Å²) in [7, 11) is 0. The first-order valence-electron chi connectivity index (χ1n) is 16.7. The number of thioether (sulfide) groups is 1. The molecule has 1 heterocycles. The molecule has 0 saturated carbocycles. The molecule has 1 aromatic heterocycles. The molecule has 230 valence electrons. The molecule has 0 spiro atoms. The molecular formula is C35H69N3S. The maximum atomic E-state index is 4.79. The number of unbranched alkanes of at least 4 members (excludes halogenated alkanes) is 14. The van der Waals surface area contributed by atoms with E-state index in [4.69, 9.17) is 10.2 Å². The first-order chi connectivity index (χ1) is 18.1. The van der Waals surface area contributed by atoms with Gasteiger partial charge in [-0.05, 0) is 43.9 Å². The smallest absolute Gasteiger partial charge is 0.192 e. The highest BCUT2D eigenvalue weighted by Crippen LogP contribution is 2.43. The first kappa shape index (κ1) is 36.5. The second kappa shape index (κ2) is 17.4. The van der Waals surface area contributed by atoms with Gasteiger partial charge in [-0.3, -0.25) is 0 Å². The van der Waals surface area contributed by atoms with Gasteiger partial charge >= 0.3 is 0 Å². The lowest BCUT2D eigenvalue weighted by Gasteiger charge is -2.37. The maximum absolute atomic E-state index is 4.79. The Balaban J connectivity index is 2.53. The second-order valence-electron chi connectivity index (χ2n) is 16.1. The fourth-order valence-corrected chi connectivity index (χ4v) is 8.25. The Labute approximate surface area is 249 Å². The van der Waals surface area contributed by atoms with Gasteiger partial charge in [-0.2, -0.15) is 0 Å². The summed E-state index contributed by atoms with van der Waals surface area (Å²) in [4.78, 5) is 0. The van der Waals surface area contributed by atoms with Gasteiger partial charge in [0.15, 0.2) is 5.16 Å². The molecule has 0 fully saturated rings. The monoisotopic (exact) mass is 564 g/mol. The van der Waals surface area contributed by atoms with E-state index in [9.17, 15) is 0 Å². The zero-order chi connectivity index (χ0) is 29.6. The van der Waals surface area contributed by atoms with Gasteiger partial charge in [0, 0.05) is 16.7 Å². The van der Waals surface area contributed by atoms with E-state index in [2.05, 4.69) is 80.7 Å². The highest BCUT2D eigenvalue weighted by molar-refractivity contribution is 8.00. The molecule has 4 heteroatoms. The van der Waals surface area contributed by atoms with Crippen molar-refractivity contribution in [3.63, 3.8) is 0 Å². The maximum Gasteiger partial charge on any atom is 0.192 e. The van der Waals surface area contributed by atoms with Gasteiger partial charge in [0.25, 0.3) is 0 Å². The van der Waals surface area contributed by atoms with Gasteiger partial charge in [0.2, 0.25) is 0 Å². The standard InChI is InChI=1S/C35H69N3S/c1-12-13-14-15-16-17-18-19-20-21-22-23-24-25-26-27-30-36-37-31(39-35(10,11)29-33(5,6)7)38(30)34(8,9)28-32(2,3)4/h12-29H2,1-11H3. The molecule has 1 rings (SSSR count). The molecule has 3 nitrogen and oxygen atoms in total. The van der Waals surface area contributed by atoms with Crippen molar-refractivity contribution in [2.75, 3.05) is 0 Å². The van der Waals surface area contributed by atoms with Crippen LogP contribution in [-0.2, 0) is 12.0 Å². The topological polar surface area (TPSA) is 30.7 Å². The van der Waals surface area contributed by atoms with E-state index in [0.29, 0.717) is 5.41 Å². The third kappa shape index (κ3) is 17.1. The lowest BCUT2D eigenvalue weighted by atomic mass is 9.81. The van der Waals surface area contributed by atoms with Crippen molar-refractivity contribution >= 4 is 11.8 Å². The Morgan fingerprint density at radius 3 is 1.36 bits per heavy atom. The Morgan fingerprint density at radius 1 is 0.538 bits per heavy atom. The van der Waals surface area contributed by atoms with E-state index in [1.54, 1.807) is 0 Å². The van der Waals surface area contributed by atoms with Gasteiger partial charge in [-0.15, -0.1) is 10.2 Å². The largest absolute Gasteiger partial charge is 0.300 e. The number of nitrogens with zero attached hydrogens (tertiary/aromatic N) is 3. The molecule has 0 N–H and O–H groups in total. The Hall–Kier alpha value is -0.510. The summed E-state index contributed by atoms with van der Waals surface area (Å²) < 4.78 is 2.63. The minimum Gasteiger partial charge on any atom is -0.300 e. The molecule has 0 atom stereocenters. The van der Waals surface area contributed by atoms with E-state index in [1.165, 1.54) is 102 Å². The van der Waals surface area contributed by atoms with Crippen molar-refractivity contribution in [2.45, 2.75) is 207 Å². The molecule has 0 radical (unpaired) electrons. The van der Waals surface area contributed by atoms with E-state index >= 15 is 0 Å². The van der Waals surface area contributed by atoms with E-state index in [1.807, 2.05) is 11.8 Å². The van der Waals surface area contributed by atoms with Crippen LogP contribution in [0, 0.1) is 10.8 Å².